The van der Waals surface area contributed by atoms with Crippen molar-refractivity contribution in [2.24, 2.45) is 11.1 Å². The highest BCUT2D eigenvalue weighted by molar-refractivity contribution is 7.13. The molecule has 0 atom stereocenters. The second-order valence-corrected chi connectivity index (χ2v) is 4.50. The van der Waals surface area contributed by atoms with Crippen LogP contribution in [0.3, 0.4) is 0 Å². The zero-order chi connectivity index (χ0) is 10.4. The summed E-state index contributed by atoms with van der Waals surface area (Å²) in [5.74, 6) is 0. The summed E-state index contributed by atoms with van der Waals surface area (Å²) in [5, 5.41) is 6.31. The quantitative estimate of drug-likeness (QED) is 0.762. The predicted molar refractivity (Wildman–Crippen MR) is 62.7 cm³/mol. The second-order valence-electron chi connectivity index (χ2n) is 3.60. The molecule has 0 saturated heterocycles. The molecule has 4 heteroatoms. The van der Waals surface area contributed by atoms with Crippen LogP contribution in [0.2, 0.25) is 0 Å². The Kier molecular flexibility index (Phi) is 4.35. The Labute approximate surface area is 89.7 Å². The predicted octanol–water partition coefficient (Wildman–Crippen LogP) is 2.32. The maximum atomic E-state index is 5.81. The van der Waals surface area contributed by atoms with Gasteiger partial charge in [0.05, 0.1) is 0 Å². The molecule has 14 heavy (non-hydrogen) atoms. The van der Waals surface area contributed by atoms with Crippen molar-refractivity contribution < 1.29 is 0 Å². The lowest BCUT2D eigenvalue weighted by molar-refractivity contribution is 0.294. The van der Waals surface area contributed by atoms with Gasteiger partial charge in [-0.3, -0.25) is 0 Å². The first kappa shape index (κ1) is 11.5. The zero-order valence-corrected chi connectivity index (χ0v) is 9.73. The van der Waals surface area contributed by atoms with Gasteiger partial charge >= 0.3 is 0 Å². The minimum absolute atomic E-state index is 0.228. The molecule has 80 valence electrons. The second kappa shape index (κ2) is 5.32. The number of anilines is 1. The van der Waals surface area contributed by atoms with E-state index >= 15 is 0 Å². The molecular formula is C10H19N3S. The number of nitrogens with two attached hydrogens (primary N) is 1. The molecular weight excluding hydrogens is 194 g/mol. The fourth-order valence-corrected chi connectivity index (χ4v) is 1.96. The first-order chi connectivity index (χ1) is 6.76. The smallest absolute Gasteiger partial charge is 0.182 e. The van der Waals surface area contributed by atoms with Crippen LogP contribution in [0, 0.1) is 5.41 Å². The van der Waals surface area contributed by atoms with Gasteiger partial charge in [0.2, 0.25) is 0 Å². The molecule has 0 fully saturated rings. The molecule has 0 aliphatic heterocycles. The molecule has 0 amide bonds. The van der Waals surface area contributed by atoms with Crippen molar-refractivity contribution in [3.05, 3.63) is 11.6 Å². The van der Waals surface area contributed by atoms with E-state index in [-0.39, 0.29) is 5.41 Å². The molecule has 1 rings (SSSR count). The van der Waals surface area contributed by atoms with E-state index in [0.717, 1.165) is 31.1 Å². The molecule has 0 aliphatic carbocycles. The molecule has 0 saturated carbocycles. The Morgan fingerprint density at radius 2 is 2.21 bits per heavy atom. The summed E-state index contributed by atoms with van der Waals surface area (Å²) >= 11 is 1.63. The lowest BCUT2D eigenvalue weighted by Gasteiger charge is -2.30. The van der Waals surface area contributed by atoms with Crippen LogP contribution in [0.15, 0.2) is 11.6 Å². The van der Waals surface area contributed by atoms with E-state index in [1.165, 1.54) is 0 Å². The van der Waals surface area contributed by atoms with Gasteiger partial charge in [0.1, 0.15) is 0 Å². The summed E-state index contributed by atoms with van der Waals surface area (Å²) in [5.41, 5.74) is 6.04. The summed E-state index contributed by atoms with van der Waals surface area (Å²) < 4.78 is 0. The largest absolute Gasteiger partial charge is 0.361 e. The SMILES string of the molecule is CCC(CC)(CN)CNc1nccs1. The minimum atomic E-state index is 0.228. The van der Waals surface area contributed by atoms with Gasteiger partial charge in [-0.15, -0.1) is 11.3 Å². The molecule has 0 aliphatic rings. The van der Waals surface area contributed by atoms with Crippen LogP contribution >= 0.6 is 11.3 Å². The molecule has 0 unspecified atom stereocenters. The summed E-state index contributed by atoms with van der Waals surface area (Å²) in [4.78, 5) is 4.19. The monoisotopic (exact) mass is 213 g/mol. The van der Waals surface area contributed by atoms with Crippen molar-refractivity contribution >= 4 is 16.5 Å². The zero-order valence-electron chi connectivity index (χ0n) is 8.92. The third-order valence-electron chi connectivity index (χ3n) is 2.98. The van der Waals surface area contributed by atoms with Gasteiger partial charge in [-0.05, 0) is 24.8 Å². The van der Waals surface area contributed by atoms with Gasteiger partial charge < -0.3 is 11.1 Å². The Morgan fingerprint density at radius 3 is 2.64 bits per heavy atom. The van der Waals surface area contributed by atoms with E-state index in [9.17, 15) is 0 Å². The highest BCUT2D eigenvalue weighted by Gasteiger charge is 2.24. The third-order valence-corrected chi connectivity index (χ3v) is 3.71. The third kappa shape index (κ3) is 2.69. The average Bonchev–Trinajstić information content (AvgIpc) is 2.74. The topological polar surface area (TPSA) is 50.9 Å². The van der Waals surface area contributed by atoms with Gasteiger partial charge in [-0.1, -0.05) is 13.8 Å². The Morgan fingerprint density at radius 1 is 1.50 bits per heavy atom. The van der Waals surface area contributed by atoms with Crippen LogP contribution in [0.1, 0.15) is 26.7 Å². The van der Waals surface area contributed by atoms with E-state index in [4.69, 9.17) is 5.73 Å². The number of rotatable bonds is 6. The molecule has 0 radical (unpaired) electrons. The van der Waals surface area contributed by atoms with Crippen LogP contribution in [0.25, 0.3) is 0 Å². The van der Waals surface area contributed by atoms with Gasteiger partial charge in [-0.25, -0.2) is 4.98 Å². The number of aromatic nitrogens is 1. The number of nitrogens with zero attached hydrogens (tertiary/aromatic N) is 1. The van der Waals surface area contributed by atoms with Gasteiger partial charge in [0, 0.05) is 18.1 Å². The molecule has 0 aromatic carbocycles. The van der Waals surface area contributed by atoms with E-state index in [1.54, 1.807) is 11.3 Å². The number of hydrogen-bond donors (Lipinski definition) is 2. The minimum Gasteiger partial charge on any atom is -0.361 e. The first-order valence-electron chi connectivity index (χ1n) is 5.10. The van der Waals surface area contributed by atoms with E-state index in [1.807, 2.05) is 11.6 Å². The standard InChI is InChI=1S/C10H19N3S/c1-3-10(4-2,7-11)8-13-9-12-5-6-14-9/h5-6H,3-4,7-8,11H2,1-2H3,(H,12,13). The fraction of sp³-hybridized carbons (Fsp3) is 0.700. The van der Waals surface area contributed by atoms with Crippen molar-refractivity contribution in [3.63, 3.8) is 0 Å². The van der Waals surface area contributed by atoms with Crippen LogP contribution in [-0.4, -0.2) is 18.1 Å². The highest BCUT2D eigenvalue weighted by atomic mass is 32.1. The Hall–Kier alpha value is -0.610. The van der Waals surface area contributed by atoms with Crippen molar-refractivity contribution in [3.8, 4) is 0 Å². The van der Waals surface area contributed by atoms with Gasteiger partial charge in [0.25, 0.3) is 0 Å². The molecule has 3 N–H and O–H groups in total. The van der Waals surface area contributed by atoms with Crippen molar-refractivity contribution in [1.82, 2.24) is 4.98 Å². The van der Waals surface area contributed by atoms with Crippen LogP contribution < -0.4 is 11.1 Å². The Balaban J connectivity index is 2.48. The summed E-state index contributed by atoms with van der Waals surface area (Å²) in [6.45, 7) is 6.04. The van der Waals surface area contributed by atoms with E-state index in [2.05, 4.69) is 24.1 Å². The maximum Gasteiger partial charge on any atom is 0.182 e. The normalized spacial score (nSPS) is 11.6. The lowest BCUT2D eigenvalue weighted by Crippen LogP contribution is -2.36. The van der Waals surface area contributed by atoms with Crippen LogP contribution in [0.5, 0.6) is 0 Å². The molecule has 0 bridgehead atoms. The van der Waals surface area contributed by atoms with Crippen molar-refractivity contribution in [2.45, 2.75) is 26.7 Å². The number of hydrogen-bond acceptors (Lipinski definition) is 4. The molecule has 1 heterocycles. The molecule has 0 spiro atoms. The summed E-state index contributed by atoms with van der Waals surface area (Å²) in [7, 11) is 0. The Bertz CT molecular complexity index is 234. The molecule has 1 aromatic heterocycles. The highest BCUT2D eigenvalue weighted by Crippen LogP contribution is 2.25. The van der Waals surface area contributed by atoms with E-state index < -0.39 is 0 Å². The van der Waals surface area contributed by atoms with Crippen LogP contribution in [0.4, 0.5) is 5.13 Å². The fourth-order valence-electron chi connectivity index (χ4n) is 1.43. The first-order valence-corrected chi connectivity index (χ1v) is 5.97. The molecule has 3 nitrogen and oxygen atoms in total. The lowest BCUT2D eigenvalue weighted by atomic mass is 9.82. The van der Waals surface area contributed by atoms with Crippen LogP contribution in [-0.2, 0) is 0 Å². The average molecular weight is 213 g/mol. The summed E-state index contributed by atoms with van der Waals surface area (Å²) in [6.07, 6.45) is 4.03. The summed E-state index contributed by atoms with van der Waals surface area (Å²) in [6, 6.07) is 0. The maximum absolute atomic E-state index is 5.81. The van der Waals surface area contributed by atoms with Gasteiger partial charge in [0.15, 0.2) is 5.13 Å². The van der Waals surface area contributed by atoms with Crippen molar-refractivity contribution in [1.29, 1.82) is 0 Å². The van der Waals surface area contributed by atoms with Crippen molar-refractivity contribution in [2.75, 3.05) is 18.4 Å². The number of thiazole rings is 1. The van der Waals surface area contributed by atoms with Gasteiger partial charge in [-0.2, -0.15) is 0 Å². The van der Waals surface area contributed by atoms with E-state index in [0.29, 0.717) is 0 Å². The number of nitrogens with one attached hydrogen (secondary N) is 1. The molecule has 1 aromatic rings.